The van der Waals surface area contributed by atoms with Crippen LogP contribution in [-0.2, 0) is 35.6 Å². The summed E-state index contributed by atoms with van der Waals surface area (Å²) in [4.78, 5) is 23.0. The van der Waals surface area contributed by atoms with Crippen LogP contribution in [0, 0.1) is 0 Å². The molecule has 0 aromatic heterocycles. The lowest BCUT2D eigenvalue weighted by Crippen LogP contribution is -2.42. The van der Waals surface area contributed by atoms with Gasteiger partial charge in [0.15, 0.2) is 0 Å². The van der Waals surface area contributed by atoms with Crippen LogP contribution in [0.5, 0.6) is 0 Å². The van der Waals surface area contributed by atoms with Crippen LogP contribution >= 0.6 is 10.7 Å². The molecule has 0 fully saturated rings. The van der Waals surface area contributed by atoms with Gasteiger partial charge in [-0.1, -0.05) is 24.3 Å². The van der Waals surface area contributed by atoms with Gasteiger partial charge in [0.05, 0.1) is 12.4 Å². The predicted molar refractivity (Wildman–Crippen MR) is 82.9 cm³/mol. The molecular weight excluding hydrogens is 330 g/mol. The zero-order valence-electron chi connectivity index (χ0n) is 12.3. The Hall–Kier alpha value is -1.60. The first-order valence-corrected chi connectivity index (χ1v) is 9.13. The summed E-state index contributed by atoms with van der Waals surface area (Å²) in [6.07, 6.45) is 0.256. The topological polar surface area (TPSA) is 89.5 Å². The maximum Gasteiger partial charge on any atom is 0.328 e. The SMILES string of the molecule is CCOC(=O)[C@H](Cc1ccc(CS(=O)(=O)Cl)cc1)NC(C)=O. The monoisotopic (exact) mass is 347 g/mol. The van der Waals surface area contributed by atoms with Crippen molar-refractivity contribution in [1.29, 1.82) is 0 Å². The molecule has 0 saturated carbocycles. The largest absolute Gasteiger partial charge is 0.464 e. The minimum Gasteiger partial charge on any atom is -0.464 e. The molecule has 22 heavy (non-hydrogen) atoms. The summed E-state index contributed by atoms with van der Waals surface area (Å²) >= 11 is 0. The van der Waals surface area contributed by atoms with Crippen molar-refractivity contribution < 1.29 is 22.7 Å². The molecule has 0 aliphatic rings. The number of ether oxygens (including phenoxy) is 1. The van der Waals surface area contributed by atoms with Gasteiger partial charge in [-0.3, -0.25) is 4.79 Å². The zero-order valence-corrected chi connectivity index (χ0v) is 13.9. The van der Waals surface area contributed by atoms with E-state index in [9.17, 15) is 18.0 Å². The number of rotatable bonds is 7. The molecule has 0 aliphatic carbocycles. The molecule has 1 aromatic rings. The van der Waals surface area contributed by atoms with Crippen LogP contribution in [0.2, 0.25) is 0 Å². The number of carbonyl (C=O) groups excluding carboxylic acids is 2. The summed E-state index contributed by atoms with van der Waals surface area (Å²) in [5, 5.41) is 2.54. The highest BCUT2D eigenvalue weighted by molar-refractivity contribution is 8.13. The fourth-order valence-corrected chi connectivity index (χ4v) is 2.86. The first kappa shape index (κ1) is 18.4. The molecular formula is C14H18ClNO5S. The summed E-state index contributed by atoms with van der Waals surface area (Å²) in [7, 11) is 1.58. The minimum absolute atomic E-state index is 0.224. The van der Waals surface area contributed by atoms with E-state index in [4.69, 9.17) is 15.4 Å². The third-order valence-electron chi connectivity index (χ3n) is 2.75. The Kier molecular flexibility index (Phi) is 6.83. The summed E-state index contributed by atoms with van der Waals surface area (Å²) in [5.41, 5.74) is 1.31. The molecule has 1 N–H and O–H groups in total. The second-order valence-corrected chi connectivity index (χ2v) is 7.49. The lowest BCUT2D eigenvalue weighted by Gasteiger charge is -2.16. The minimum atomic E-state index is -3.61. The standard InChI is InChI=1S/C14H18ClNO5S/c1-3-21-14(18)13(16-10(2)17)8-11-4-6-12(7-5-11)9-22(15,19)20/h4-7,13H,3,8-9H2,1-2H3,(H,16,17)/t13-/m0/s1. The van der Waals surface area contributed by atoms with Crippen LogP contribution < -0.4 is 5.32 Å². The van der Waals surface area contributed by atoms with E-state index in [2.05, 4.69) is 5.32 Å². The number of carbonyl (C=O) groups is 2. The fourth-order valence-electron chi connectivity index (χ4n) is 1.89. The molecule has 6 nitrogen and oxygen atoms in total. The van der Waals surface area contributed by atoms with Gasteiger partial charge in [0.1, 0.15) is 6.04 Å². The van der Waals surface area contributed by atoms with Crippen LogP contribution in [-0.4, -0.2) is 32.9 Å². The Morgan fingerprint density at radius 2 is 1.77 bits per heavy atom. The lowest BCUT2D eigenvalue weighted by atomic mass is 10.0. The second kappa shape index (κ2) is 8.14. The lowest BCUT2D eigenvalue weighted by molar-refractivity contribution is -0.147. The average molecular weight is 348 g/mol. The maximum atomic E-state index is 11.8. The van der Waals surface area contributed by atoms with Gasteiger partial charge in [0, 0.05) is 24.0 Å². The summed E-state index contributed by atoms with van der Waals surface area (Å²) in [6.45, 7) is 3.23. The van der Waals surface area contributed by atoms with Crippen molar-refractivity contribution in [3.8, 4) is 0 Å². The van der Waals surface area contributed by atoms with E-state index in [1.807, 2.05) is 0 Å². The van der Waals surface area contributed by atoms with Crippen molar-refractivity contribution in [3.63, 3.8) is 0 Å². The van der Waals surface area contributed by atoms with Crippen molar-refractivity contribution in [1.82, 2.24) is 5.32 Å². The molecule has 0 unspecified atom stereocenters. The Labute approximate surface area is 134 Å². The van der Waals surface area contributed by atoms with Crippen LogP contribution in [0.25, 0.3) is 0 Å². The van der Waals surface area contributed by atoms with E-state index in [0.29, 0.717) is 5.56 Å². The van der Waals surface area contributed by atoms with Gasteiger partial charge in [-0.25, -0.2) is 13.2 Å². The predicted octanol–water partition coefficient (Wildman–Crippen LogP) is 1.37. The summed E-state index contributed by atoms with van der Waals surface area (Å²) in [5.74, 6) is -1.10. The van der Waals surface area contributed by atoms with E-state index < -0.39 is 21.1 Å². The van der Waals surface area contributed by atoms with Gasteiger partial charge in [0.2, 0.25) is 15.0 Å². The van der Waals surface area contributed by atoms with E-state index in [0.717, 1.165) is 5.56 Å². The van der Waals surface area contributed by atoms with Gasteiger partial charge >= 0.3 is 5.97 Å². The quantitative estimate of drug-likeness (QED) is 0.594. The van der Waals surface area contributed by atoms with Gasteiger partial charge in [-0.2, -0.15) is 0 Å². The van der Waals surface area contributed by atoms with Gasteiger partial charge in [0.25, 0.3) is 0 Å². The highest BCUT2D eigenvalue weighted by Crippen LogP contribution is 2.12. The first-order chi connectivity index (χ1) is 10.2. The Morgan fingerprint density at radius 3 is 2.23 bits per heavy atom. The molecule has 1 atom stereocenters. The van der Waals surface area contributed by atoms with Gasteiger partial charge in [-0.15, -0.1) is 0 Å². The molecule has 1 amide bonds. The van der Waals surface area contributed by atoms with Crippen LogP contribution in [0.1, 0.15) is 25.0 Å². The highest BCUT2D eigenvalue weighted by Gasteiger charge is 2.21. The normalized spacial score (nSPS) is 12.5. The third kappa shape index (κ3) is 6.91. The van der Waals surface area contributed by atoms with Crippen LogP contribution in [0.3, 0.4) is 0 Å². The highest BCUT2D eigenvalue weighted by atomic mass is 35.7. The maximum absolute atomic E-state index is 11.8. The second-order valence-electron chi connectivity index (χ2n) is 4.71. The number of benzene rings is 1. The molecule has 0 saturated heterocycles. The number of hydrogen-bond donors (Lipinski definition) is 1. The van der Waals surface area contributed by atoms with Crippen LogP contribution in [0.15, 0.2) is 24.3 Å². The number of halogens is 1. The zero-order chi connectivity index (χ0) is 16.8. The van der Waals surface area contributed by atoms with E-state index in [1.54, 1.807) is 31.2 Å². The van der Waals surface area contributed by atoms with Gasteiger partial charge < -0.3 is 10.1 Å². The van der Waals surface area contributed by atoms with E-state index in [-0.39, 0.29) is 24.7 Å². The third-order valence-corrected chi connectivity index (χ3v) is 3.76. The Morgan fingerprint density at radius 1 is 1.23 bits per heavy atom. The van der Waals surface area contributed by atoms with Crippen LogP contribution in [0.4, 0.5) is 0 Å². The molecule has 1 aromatic carbocycles. The average Bonchev–Trinajstić information content (AvgIpc) is 2.38. The molecule has 0 bridgehead atoms. The van der Waals surface area contributed by atoms with Crippen molar-refractivity contribution in [3.05, 3.63) is 35.4 Å². The number of amides is 1. The molecule has 0 aliphatic heterocycles. The van der Waals surface area contributed by atoms with Crippen molar-refractivity contribution >= 4 is 31.6 Å². The van der Waals surface area contributed by atoms with E-state index >= 15 is 0 Å². The van der Waals surface area contributed by atoms with Gasteiger partial charge in [-0.05, 0) is 18.1 Å². The first-order valence-electron chi connectivity index (χ1n) is 6.65. The van der Waals surface area contributed by atoms with Crippen molar-refractivity contribution in [2.75, 3.05) is 6.61 Å². The number of nitrogens with one attached hydrogen (secondary N) is 1. The summed E-state index contributed by atoms with van der Waals surface area (Å²) in [6, 6.07) is 5.83. The Bertz CT molecular complexity index is 627. The number of hydrogen-bond acceptors (Lipinski definition) is 5. The summed E-state index contributed by atoms with van der Waals surface area (Å²) < 4.78 is 26.9. The Balaban J connectivity index is 2.80. The molecule has 122 valence electrons. The molecule has 8 heteroatoms. The fraction of sp³-hybridized carbons (Fsp3) is 0.429. The molecule has 0 radical (unpaired) electrons. The van der Waals surface area contributed by atoms with Crippen molar-refractivity contribution in [2.45, 2.75) is 32.1 Å². The van der Waals surface area contributed by atoms with Crippen molar-refractivity contribution in [2.24, 2.45) is 0 Å². The molecule has 1 rings (SSSR count). The van der Waals surface area contributed by atoms with E-state index in [1.165, 1.54) is 6.92 Å². The molecule has 0 heterocycles. The molecule has 0 spiro atoms. The smallest absolute Gasteiger partial charge is 0.328 e. The number of esters is 1.